The predicted molar refractivity (Wildman–Crippen MR) is 95.3 cm³/mol. The monoisotopic (exact) mass is 373 g/mol. The van der Waals surface area contributed by atoms with E-state index >= 15 is 0 Å². The van der Waals surface area contributed by atoms with Gasteiger partial charge >= 0.3 is 0 Å². The summed E-state index contributed by atoms with van der Waals surface area (Å²) in [5, 5.41) is 1.07. The lowest BCUT2D eigenvalue weighted by atomic mass is 10.2. The summed E-state index contributed by atoms with van der Waals surface area (Å²) < 4.78 is 6.15. The van der Waals surface area contributed by atoms with Gasteiger partial charge in [0.1, 0.15) is 4.32 Å². The van der Waals surface area contributed by atoms with Crippen molar-refractivity contribution in [2.45, 2.75) is 18.9 Å². The molecule has 1 aromatic rings. The zero-order valence-corrected chi connectivity index (χ0v) is 14.7. The molecule has 7 heteroatoms. The summed E-state index contributed by atoms with van der Waals surface area (Å²) in [6.45, 7) is 1.28. The van der Waals surface area contributed by atoms with E-state index in [4.69, 9.17) is 40.2 Å². The van der Waals surface area contributed by atoms with E-state index < -0.39 is 0 Å². The van der Waals surface area contributed by atoms with Crippen molar-refractivity contribution in [2.75, 3.05) is 13.2 Å². The van der Waals surface area contributed by atoms with E-state index in [2.05, 4.69) is 0 Å². The summed E-state index contributed by atoms with van der Waals surface area (Å²) in [5.41, 5.74) is 0.753. The Hall–Kier alpha value is -0.590. The molecular weight excluding hydrogens is 361 g/mol. The highest BCUT2D eigenvalue weighted by atomic mass is 35.5. The van der Waals surface area contributed by atoms with Crippen molar-refractivity contribution in [3.63, 3.8) is 0 Å². The minimum atomic E-state index is -0.0866. The molecule has 22 heavy (non-hydrogen) atoms. The van der Waals surface area contributed by atoms with Gasteiger partial charge in [0.2, 0.25) is 0 Å². The fourth-order valence-corrected chi connectivity index (χ4v) is 4.14. The van der Waals surface area contributed by atoms with Crippen LogP contribution < -0.4 is 0 Å². The van der Waals surface area contributed by atoms with Gasteiger partial charge in [0.05, 0.1) is 17.6 Å². The number of thioether (sulfide) groups is 1. The molecule has 0 aliphatic carbocycles. The number of carbonyl (C=O) groups excluding carboxylic acids is 1. The summed E-state index contributed by atoms with van der Waals surface area (Å²) >= 11 is 18.6. The summed E-state index contributed by atoms with van der Waals surface area (Å²) in [4.78, 5) is 14.7. The van der Waals surface area contributed by atoms with E-state index in [-0.39, 0.29) is 12.0 Å². The molecule has 0 bridgehead atoms. The largest absolute Gasteiger partial charge is 0.376 e. The standard InChI is InChI=1S/C15H13Cl2NO2S2/c16-10-4-3-9(12(17)7-10)6-13-14(19)18(15(21)22-13)8-11-2-1-5-20-11/h3-4,6-7,11H,1-2,5,8H2/b13-6-/t11-/m0/s1. The zero-order chi connectivity index (χ0) is 15.7. The van der Waals surface area contributed by atoms with Crippen molar-refractivity contribution < 1.29 is 9.53 Å². The van der Waals surface area contributed by atoms with Gasteiger partial charge in [-0.2, -0.15) is 0 Å². The fourth-order valence-electron chi connectivity index (χ4n) is 2.41. The molecule has 3 rings (SSSR count). The van der Waals surface area contributed by atoms with Gasteiger partial charge in [-0.25, -0.2) is 0 Å². The highest BCUT2D eigenvalue weighted by Gasteiger charge is 2.34. The molecule has 2 fully saturated rings. The van der Waals surface area contributed by atoms with Crippen LogP contribution in [0.4, 0.5) is 0 Å². The first-order valence-corrected chi connectivity index (χ1v) is 8.84. The van der Waals surface area contributed by atoms with E-state index in [1.807, 2.05) is 0 Å². The van der Waals surface area contributed by atoms with Gasteiger partial charge in [-0.15, -0.1) is 0 Å². The van der Waals surface area contributed by atoms with E-state index in [0.29, 0.717) is 25.8 Å². The van der Waals surface area contributed by atoms with Gasteiger partial charge in [-0.1, -0.05) is 53.2 Å². The third kappa shape index (κ3) is 3.49. The Bertz CT molecular complexity index is 657. The van der Waals surface area contributed by atoms with Crippen LogP contribution in [-0.2, 0) is 9.53 Å². The lowest BCUT2D eigenvalue weighted by Crippen LogP contribution is -2.35. The molecule has 0 unspecified atom stereocenters. The van der Waals surface area contributed by atoms with Gasteiger partial charge < -0.3 is 4.74 Å². The molecule has 2 aliphatic rings. The fraction of sp³-hybridized carbons (Fsp3) is 0.333. The molecule has 0 spiro atoms. The Kier molecular flexibility index (Phi) is 5.10. The molecule has 2 aliphatic heterocycles. The number of rotatable bonds is 3. The maximum absolute atomic E-state index is 12.5. The number of carbonyl (C=O) groups is 1. The molecule has 0 N–H and O–H groups in total. The number of ether oxygens (including phenoxy) is 1. The Balaban J connectivity index is 1.79. The first kappa shape index (κ1) is 16.3. The summed E-state index contributed by atoms with van der Waals surface area (Å²) in [6, 6.07) is 5.19. The van der Waals surface area contributed by atoms with E-state index in [1.54, 1.807) is 29.2 Å². The average Bonchev–Trinajstić information content (AvgIpc) is 3.06. The number of nitrogens with zero attached hydrogens (tertiary/aromatic N) is 1. The summed E-state index contributed by atoms with van der Waals surface area (Å²) in [5.74, 6) is -0.0866. The molecule has 2 saturated heterocycles. The van der Waals surface area contributed by atoms with Crippen LogP contribution in [0.2, 0.25) is 10.0 Å². The number of benzene rings is 1. The van der Waals surface area contributed by atoms with Crippen molar-refractivity contribution in [2.24, 2.45) is 0 Å². The van der Waals surface area contributed by atoms with Gasteiger partial charge in [0, 0.05) is 16.7 Å². The molecule has 0 aromatic heterocycles. The van der Waals surface area contributed by atoms with Crippen molar-refractivity contribution >= 4 is 63.5 Å². The summed E-state index contributed by atoms with van der Waals surface area (Å²) in [7, 11) is 0. The van der Waals surface area contributed by atoms with Gasteiger partial charge in [0.25, 0.3) is 5.91 Å². The number of amides is 1. The van der Waals surface area contributed by atoms with Crippen LogP contribution in [-0.4, -0.2) is 34.4 Å². The van der Waals surface area contributed by atoms with Crippen molar-refractivity contribution in [1.82, 2.24) is 4.90 Å². The van der Waals surface area contributed by atoms with Crippen molar-refractivity contribution in [3.8, 4) is 0 Å². The van der Waals surface area contributed by atoms with Crippen LogP contribution in [0.5, 0.6) is 0 Å². The van der Waals surface area contributed by atoms with E-state index in [9.17, 15) is 4.79 Å². The Morgan fingerprint density at radius 1 is 1.45 bits per heavy atom. The van der Waals surface area contributed by atoms with Crippen LogP contribution in [0.1, 0.15) is 18.4 Å². The maximum Gasteiger partial charge on any atom is 0.266 e. The minimum Gasteiger partial charge on any atom is -0.376 e. The lowest BCUT2D eigenvalue weighted by molar-refractivity contribution is -0.123. The Morgan fingerprint density at radius 2 is 2.27 bits per heavy atom. The smallest absolute Gasteiger partial charge is 0.266 e. The molecule has 1 aromatic carbocycles. The van der Waals surface area contributed by atoms with Crippen LogP contribution in [0.25, 0.3) is 6.08 Å². The second-order valence-corrected chi connectivity index (χ2v) is 7.61. The Labute approximate surface area is 148 Å². The maximum atomic E-state index is 12.5. The molecule has 1 atom stereocenters. The molecule has 0 saturated carbocycles. The molecular formula is C15H13Cl2NO2S2. The van der Waals surface area contributed by atoms with Crippen LogP contribution in [0, 0.1) is 0 Å². The highest BCUT2D eigenvalue weighted by molar-refractivity contribution is 8.26. The number of hydrogen-bond donors (Lipinski definition) is 0. The molecule has 3 nitrogen and oxygen atoms in total. The molecule has 116 valence electrons. The van der Waals surface area contributed by atoms with Gasteiger partial charge in [-0.05, 0) is 36.6 Å². The van der Waals surface area contributed by atoms with Crippen LogP contribution in [0.3, 0.4) is 0 Å². The second-order valence-electron chi connectivity index (χ2n) is 5.09. The van der Waals surface area contributed by atoms with Gasteiger partial charge in [0.15, 0.2) is 0 Å². The van der Waals surface area contributed by atoms with Crippen molar-refractivity contribution in [1.29, 1.82) is 0 Å². The third-order valence-corrected chi connectivity index (χ3v) is 5.47. The molecule has 2 heterocycles. The van der Waals surface area contributed by atoms with E-state index in [0.717, 1.165) is 25.0 Å². The van der Waals surface area contributed by atoms with Gasteiger partial charge in [-0.3, -0.25) is 9.69 Å². The molecule has 1 amide bonds. The van der Waals surface area contributed by atoms with Crippen LogP contribution in [0.15, 0.2) is 23.1 Å². The Morgan fingerprint density at radius 3 is 2.95 bits per heavy atom. The minimum absolute atomic E-state index is 0.0842. The normalized spacial score (nSPS) is 23.8. The topological polar surface area (TPSA) is 29.5 Å². The average molecular weight is 374 g/mol. The van der Waals surface area contributed by atoms with Crippen molar-refractivity contribution in [3.05, 3.63) is 38.7 Å². The second kappa shape index (κ2) is 6.89. The number of hydrogen-bond acceptors (Lipinski definition) is 4. The summed E-state index contributed by atoms with van der Waals surface area (Å²) in [6.07, 6.45) is 3.85. The lowest BCUT2D eigenvalue weighted by Gasteiger charge is -2.18. The third-order valence-electron chi connectivity index (χ3n) is 3.53. The zero-order valence-electron chi connectivity index (χ0n) is 11.6. The quantitative estimate of drug-likeness (QED) is 0.580. The van der Waals surface area contributed by atoms with E-state index in [1.165, 1.54) is 11.8 Å². The number of thiocarbonyl (C=S) groups is 1. The first-order valence-electron chi connectivity index (χ1n) is 6.86. The highest BCUT2D eigenvalue weighted by Crippen LogP contribution is 2.35. The first-order chi connectivity index (χ1) is 10.5. The number of halogens is 2. The molecule has 0 radical (unpaired) electrons. The van der Waals surface area contributed by atoms with Crippen LogP contribution >= 0.6 is 47.2 Å². The predicted octanol–water partition coefficient (Wildman–Crippen LogP) is 4.37. The SMILES string of the molecule is O=C1/C(=C/c2ccc(Cl)cc2Cl)SC(=S)N1C[C@@H]1CCCO1.